The summed E-state index contributed by atoms with van der Waals surface area (Å²) < 4.78 is 17.3. The largest absolute Gasteiger partial charge is 0.504 e. The molecule has 6 heteroatoms. The molecule has 3 rings (SSSR count). The third kappa shape index (κ3) is 3.51. The van der Waals surface area contributed by atoms with Crippen molar-refractivity contribution in [3.8, 4) is 23.0 Å². The van der Waals surface area contributed by atoms with Crippen LogP contribution >= 0.6 is 22.6 Å². The molecule has 3 aromatic rings. The molecule has 0 amide bonds. The molecule has 136 valence electrons. The van der Waals surface area contributed by atoms with E-state index in [1.807, 2.05) is 25.3 Å². The number of benzene rings is 2. The van der Waals surface area contributed by atoms with Crippen molar-refractivity contribution in [2.45, 2.75) is 13.3 Å². The number of rotatable bonds is 6. The number of ether oxygens (including phenoxy) is 3. The highest BCUT2D eigenvalue weighted by atomic mass is 127. The van der Waals surface area contributed by atoms with E-state index in [0.29, 0.717) is 29.9 Å². The minimum absolute atomic E-state index is 0.126. The number of nitrogens with zero attached hydrogens (tertiary/aromatic N) is 1. The maximum atomic E-state index is 10.5. The normalized spacial score (nSPS) is 10.8. The molecule has 1 aromatic heterocycles. The number of fused-ring (bicyclic) bond motifs is 1. The fourth-order valence-corrected chi connectivity index (χ4v) is 3.86. The number of phenolic OH excluding ortho intramolecular Hbond substituents is 1. The first-order chi connectivity index (χ1) is 12.6. The minimum Gasteiger partial charge on any atom is -0.504 e. The summed E-state index contributed by atoms with van der Waals surface area (Å²) in [6, 6.07) is 7.79. The molecule has 1 heterocycles. The van der Waals surface area contributed by atoms with Gasteiger partial charge < -0.3 is 19.3 Å². The van der Waals surface area contributed by atoms with Gasteiger partial charge >= 0.3 is 0 Å². The third-order valence-corrected chi connectivity index (χ3v) is 4.95. The van der Waals surface area contributed by atoms with E-state index in [2.05, 4.69) is 33.6 Å². The highest BCUT2D eigenvalue weighted by molar-refractivity contribution is 14.1. The Morgan fingerprint density at radius 3 is 2.54 bits per heavy atom. The Kier molecular flexibility index (Phi) is 5.70. The SMILES string of the molecule is CCOc1ccc2c(Cc3cc(I)c(OC)c(OC)c3)cncc2c1O. The first kappa shape index (κ1) is 18.6. The summed E-state index contributed by atoms with van der Waals surface area (Å²) in [6.07, 6.45) is 4.15. The molecule has 5 nitrogen and oxygen atoms in total. The zero-order valence-electron chi connectivity index (χ0n) is 14.9. The van der Waals surface area contributed by atoms with Crippen LogP contribution < -0.4 is 14.2 Å². The Labute approximate surface area is 166 Å². The van der Waals surface area contributed by atoms with Crippen LogP contribution in [0.2, 0.25) is 0 Å². The number of methoxy groups -OCH3 is 2. The van der Waals surface area contributed by atoms with Gasteiger partial charge in [0.15, 0.2) is 23.0 Å². The van der Waals surface area contributed by atoms with Crippen molar-refractivity contribution < 1.29 is 19.3 Å². The molecule has 0 bridgehead atoms. The van der Waals surface area contributed by atoms with Crippen LogP contribution in [0.15, 0.2) is 36.7 Å². The molecular formula is C20H20INO4. The van der Waals surface area contributed by atoms with Crippen LogP contribution in [0.1, 0.15) is 18.1 Å². The Morgan fingerprint density at radius 1 is 1.04 bits per heavy atom. The molecule has 0 saturated carbocycles. The van der Waals surface area contributed by atoms with E-state index in [9.17, 15) is 5.11 Å². The van der Waals surface area contributed by atoms with Gasteiger partial charge in [-0.2, -0.15) is 0 Å². The Morgan fingerprint density at radius 2 is 1.85 bits per heavy atom. The minimum atomic E-state index is 0.126. The van der Waals surface area contributed by atoms with Crippen molar-refractivity contribution in [3.63, 3.8) is 0 Å². The third-order valence-electron chi connectivity index (χ3n) is 4.15. The van der Waals surface area contributed by atoms with Crippen LogP contribution in [-0.4, -0.2) is 30.9 Å². The van der Waals surface area contributed by atoms with Gasteiger partial charge in [-0.05, 0) is 70.6 Å². The van der Waals surface area contributed by atoms with Crippen molar-refractivity contribution in [3.05, 3.63) is 51.4 Å². The van der Waals surface area contributed by atoms with Crippen LogP contribution in [-0.2, 0) is 6.42 Å². The van der Waals surface area contributed by atoms with Gasteiger partial charge in [0.2, 0.25) is 0 Å². The summed E-state index contributed by atoms with van der Waals surface area (Å²) >= 11 is 2.24. The van der Waals surface area contributed by atoms with Crippen molar-refractivity contribution in [1.82, 2.24) is 4.98 Å². The van der Waals surface area contributed by atoms with Crippen molar-refractivity contribution >= 4 is 33.4 Å². The smallest absolute Gasteiger partial charge is 0.174 e. The molecule has 0 aliphatic rings. The molecule has 0 atom stereocenters. The van der Waals surface area contributed by atoms with Gasteiger partial charge in [-0.3, -0.25) is 4.98 Å². The highest BCUT2D eigenvalue weighted by Crippen LogP contribution is 2.37. The molecule has 0 radical (unpaired) electrons. The number of phenols is 1. The van der Waals surface area contributed by atoms with E-state index in [1.165, 1.54) is 0 Å². The maximum Gasteiger partial charge on any atom is 0.174 e. The number of hydrogen-bond donors (Lipinski definition) is 1. The molecular weight excluding hydrogens is 445 g/mol. The van der Waals surface area contributed by atoms with Crippen molar-refractivity contribution in [2.24, 2.45) is 0 Å². The van der Waals surface area contributed by atoms with E-state index in [1.54, 1.807) is 26.5 Å². The molecule has 0 aliphatic carbocycles. The number of hydrogen-bond acceptors (Lipinski definition) is 5. The van der Waals surface area contributed by atoms with Crippen molar-refractivity contribution in [2.75, 3.05) is 20.8 Å². The lowest BCUT2D eigenvalue weighted by molar-refractivity contribution is 0.320. The van der Waals surface area contributed by atoms with Crippen LogP contribution in [0.5, 0.6) is 23.0 Å². The summed E-state index contributed by atoms with van der Waals surface area (Å²) in [4.78, 5) is 4.30. The van der Waals surface area contributed by atoms with E-state index in [4.69, 9.17) is 14.2 Å². The summed E-state index contributed by atoms with van der Waals surface area (Å²) in [5.74, 6) is 2.02. The first-order valence-electron chi connectivity index (χ1n) is 8.20. The van der Waals surface area contributed by atoms with Crippen LogP contribution in [0.3, 0.4) is 0 Å². The van der Waals surface area contributed by atoms with Gasteiger partial charge in [0.05, 0.1) is 24.4 Å². The van der Waals surface area contributed by atoms with E-state index >= 15 is 0 Å². The molecule has 0 unspecified atom stereocenters. The number of pyridine rings is 1. The monoisotopic (exact) mass is 465 g/mol. The lowest BCUT2D eigenvalue weighted by atomic mass is 10.00. The van der Waals surface area contributed by atoms with Gasteiger partial charge in [0.1, 0.15) is 0 Å². The highest BCUT2D eigenvalue weighted by Gasteiger charge is 2.14. The zero-order valence-corrected chi connectivity index (χ0v) is 17.0. The number of aromatic nitrogens is 1. The van der Waals surface area contributed by atoms with Crippen LogP contribution in [0.4, 0.5) is 0 Å². The van der Waals surface area contributed by atoms with Gasteiger partial charge in [0.25, 0.3) is 0 Å². The average molecular weight is 465 g/mol. The second-order valence-corrected chi connectivity index (χ2v) is 6.89. The molecule has 0 aliphatic heterocycles. The molecule has 0 saturated heterocycles. The van der Waals surface area contributed by atoms with Crippen LogP contribution in [0, 0.1) is 3.57 Å². The summed E-state index contributed by atoms with van der Waals surface area (Å²) in [5.41, 5.74) is 2.10. The number of halogens is 1. The zero-order chi connectivity index (χ0) is 18.7. The molecule has 26 heavy (non-hydrogen) atoms. The molecule has 1 N–H and O–H groups in total. The predicted molar refractivity (Wildman–Crippen MR) is 110 cm³/mol. The summed E-state index contributed by atoms with van der Waals surface area (Å²) in [5, 5.41) is 12.1. The van der Waals surface area contributed by atoms with Gasteiger partial charge in [-0.25, -0.2) is 0 Å². The second kappa shape index (κ2) is 7.99. The van der Waals surface area contributed by atoms with Gasteiger partial charge in [-0.1, -0.05) is 6.07 Å². The maximum absolute atomic E-state index is 10.5. The average Bonchev–Trinajstić information content (AvgIpc) is 2.64. The predicted octanol–water partition coefficient (Wildman–Crippen LogP) is 4.55. The van der Waals surface area contributed by atoms with Crippen LogP contribution in [0.25, 0.3) is 10.8 Å². The molecule has 0 fully saturated rings. The van der Waals surface area contributed by atoms with E-state index < -0.39 is 0 Å². The fourth-order valence-electron chi connectivity index (χ4n) is 2.98. The summed E-state index contributed by atoms with van der Waals surface area (Å²) in [6.45, 7) is 2.38. The molecule has 2 aromatic carbocycles. The first-order valence-corrected chi connectivity index (χ1v) is 9.28. The van der Waals surface area contributed by atoms with Crippen molar-refractivity contribution in [1.29, 1.82) is 0 Å². The standard InChI is InChI=1S/C20H20INO4/c1-4-26-17-6-5-14-13(10-22-11-15(14)19(17)23)7-12-8-16(21)20(25-3)18(9-12)24-2/h5-6,8-11,23H,4,7H2,1-3H3. The van der Waals surface area contributed by atoms with E-state index in [0.717, 1.165) is 25.8 Å². The quantitative estimate of drug-likeness (QED) is 0.542. The lowest BCUT2D eigenvalue weighted by Gasteiger charge is -2.14. The Hall–Kier alpha value is -2.22. The van der Waals surface area contributed by atoms with Gasteiger partial charge in [0, 0.05) is 17.8 Å². The van der Waals surface area contributed by atoms with Gasteiger partial charge in [-0.15, -0.1) is 0 Å². The Balaban J connectivity index is 2.04. The summed E-state index contributed by atoms with van der Waals surface area (Å²) in [7, 11) is 3.26. The number of aromatic hydroxyl groups is 1. The second-order valence-electron chi connectivity index (χ2n) is 5.73. The fraction of sp³-hybridized carbons (Fsp3) is 0.250. The molecule has 0 spiro atoms. The Bertz CT molecular complexity index is 943. The van der Waals surface area contributed by atoms with E-state index in [-0.39, 0.29) is 5.75 Å². The lowest BCUT2D eigenvalue weighted by Crippen LogP contribution is -1.98. The topological polar surface area (TPSA) is 60.8 Å².